The van der Waals surface area contributed by atoms with Gasteiger partial charge in [0.15, 0.2) is 0 Å². The Bertz CT molecular complexity index is 333. The zero-order valence-corrected chi connectivity index (χ0v) is 9.48. The Morgan fingerprint density at radius 3 is 2.93 bits per heavy atom. The van der Waals surface area contributed by atoms with E-state index in [1.54, 1.807) is 6.20 Å². The van der Waals surface area contributed by atoms with Gasteiger partial charge in [0.2, 0.25) is 0 Å². The van der Waals surface area contributed by atoms with Crippen LogP contribution in [-0.4, -0.2) is 23.0 Å². The molecule has 3 nitrogen and oxygen atoms in total. The van der Waals surface area contributed by atoms with Crippen LogP contribution in [0.4, 0.5) is 5.69 Å². The van der Waals surface area contributed by atoms with Gasteiger partial charge >= 0.3 is 0 Å². The Balaban J connectivity index is 1.98. The quantitative estimate of drug-likeness (QED) is 0.816. The molecule has 82 valence electrons. The van der Waals surface area contributed by atoms with E-state index in [2.05, 4.69) is 23.9 Å². The summed E-state index contributed by atoms with van der Waals surface area (Å²) in [6, 6.07) is 4.44. The number of pyridine rings is 1. The third-order valence-electron chi connectivity index (χ3n) is 3.32. The molecule has 2 N–H and O–H groups in total. The van der Waals surface area contributed by atoms with Crippen LogP contribution in [0.5, 0.6) is 0 Å². The molecule has 0 aromatic carbocycles. The lowest BCUT2D eigenvalue weighted by molar-refractivity contribution is 0.224. The van der Waals surface area contributed by atoms with Gasteiger partial charge in [-0.05, 0) is 44.9 Å². The van der Waals surface area contributed by atoms with E-state index in [4.69, 9.17) is 5.73 Å². The predicted molar refractivity (Wildman–Crippen MR) is 62.3 cm³/mol. The second-order valence-corrected chi connectivity index (χ2v) is 4.53. The van der Waals surface area contributed by atoms with Crippen LogP contribution in [0.3, 0.4) is 0 Å². The Kier molecular flexibility index (Phi) is 2.91. The average molecular weight is 205 g/mol. The van der Waals surface area contributed by atoms with Crippen molar-refractivity contribution >= 4 is 5.69 Å². The molecular formula is C12H19N3. The van der Waals surface area contributed by atoms with Crippen molar-refractivity contribution in [1.29, 1.82) is 0 Å². The Labute approximate surface area is 91.3 Å². The van der Waals surface area contributed by atoms with Gasteiger partial charge in [0.1, 0.15) is 0 Å². The summed E-state index contributed by atoms with van der Waals surface area (Å²) in [5, 5.41) is 0. The largest absolute Gasteiger partial charge is 0.397 e. The number of hydrogen-bond acceptors (Lipinski definition) is 3. The van der Waals surface area contributed by atoms with Crippen molar-refractivity contribution in [2.24, 2.45) is 5.92 Å². The molecule has 0 spiro atoms. The van der Waals surface area contributed by atoms with Crippen molar-refractivity contribution in [2.75, 3.05) is 12.8 Å². The van der Waals surface area contributed by atoms with Crippen molar-refractivity contribution in [3.63, 3.8) is 0 Å². The summed E-state index contributed by atoms with van der Waals surface area (Å²) in [6.45, 7) is 3.14. The highest BCUT2D eigenvalue weighted by Crippen LogP contribution is 2.35. The first-order valence-corrected chi connectivity index (χ1v) is 5.58. The van der Waals surface area contributed by atoms with Gasteiger partial charge in [-0.2, -0.15) is 0 Å². The van der Waals surface area contributed by atoms with Crippen LogP contribution in [-0.2, 0) is 6.54 Å². The standard InChI is InChI=1S/C12H19N3/c1-9(10-5-6-10)15(2)8-12-11(13)4-3-7-14-12/h3-4,7,9-10H,5-6,8,13H2,1-2H3. The van der Waals surface area contributed by atoms with E-state index in [0.717, 1.165) is 23.8 Å². The third-order valence-corrected chi connectivity index (χ3v) is 3.32. The lowest BCUT2D eigenvalue weighted by atomic mass is 10.2. The second kappa shape index (κ2) is 4.19. The molecule has 1 saturated carbocycles. The molecule has 1 aromatic heterocycles. The molecule has 15 heavy (non-hydrogen) atoms. The first-order chi connectivity index (χ1) is 7.18. The summed E-state index contributed by atoms with van der Waals surface area (Å²) in [5.74, 6) is 0.889. The monoisotopic (exact) mass is 205 g/mol. The highest BCUT2D eigenvalue weighted by atomic mass is 15.1. The Hall–Kier alpha value is -1.09. The molecule has 0 amide bonds. The summed E-state index contributed by atoms with van der Waals surface area (Å²) in [4.78, 5) is 6.66. The molecule has 1 aliphatic rings. The minimum absolute atomic E-state index is 0.645. The van der Waals surface area contributed by atoms with E-state index < -0.39 is 0 Å². The number of aromatic nitrogens is 1. The molecule has 2 rings (SSSR count). The van der Waals surface area contributed by atoms with Crippen LogP contribution in [0.25, 0.3) is 0 Å². The fraction of sp³-hybridized carbons (Fsp3) is 0.583. The Morgan fingerprint density at radius 1 is 1.60 bits per heavy atom. The lowest BCUT2D eigenvalue weighted by Gasteiger charge is -2.24. The highest BCUT2D eigenvalue weighted by Gasteiger charge is 2.30. The fourth-order valence-electron chi connectivity index (χ4n) is 1.90. The summed E-state index contributed by atoms with van der Waals surface area (Å²) < 4.78 is 0. The molecule has 1 heterocycles. The van der Waals surface area contributed by atoms with Crippen LogP contribution in [0, 0.1) is 5.92 Å². The van der Waals surface area contributed by atoms with Crippen molar-refractivity contribution < 1.29 is 0 Å². The van der Waals surface area contributed by atoms with E-state index >= 15 is 0 Å². The van der Waals surface area contributed by atoms with Crippen molar-refractivity contribution in [1.82, 2.24) is 9.88 Å². The van der Waals surface area contributed by atoms with Crippen molar-refractivity contribution in [3.8, 4) is 0 Å². The summed E-state index contributed by atoms with van der Waals surface area (Å²) in [7, 11) is 2.15. The number of anilines is 1. The van der Waals surface area contributed by atoms with Crippen LogP contribution < -0.4 is 5.73 Å². The lowest BCUT2D eigenvalue weighted by Crippen LogP contribution is -2.30. The Morgan fingerprint density at radius 2 is 2.33 bits per heavy atom. The third kappa shape index (κ3) is 2.48. The summed E-state index contributed by atoms with van der Waals surface area (Å²) >= 11 is 0. The highest BCUT2D eigenvalue weighted by molar-refractivity contribution is 5.41. The fourth-order valence-corrected chi connectivity index (χ4v) is 1.90. The molecule has 1 unspecified atom stereocenters. The molecule has 1 aromatic rings. The van der Waals surface area contributed by atoms with Gasteiger partial charge in [0.25, 0.3) is 0 Å². The minimum Gasteiger partial charge on any atom is -0.397 e. The van der Waals surface area contributed by atoms with Crippen LogP contribution in [0.15, 0.2) is 18.3 Å². The first kappa shape index (κ1) is 10.4. The molecule has 1 atom stereocenters. The molecule has 0 aliphatic heterocycles. The van der Waals surface area contributed by atoms with Gasteiger partial charge in [-0.1, -0.05) is 0 Å². The van der Waals surface area contributed by atoms with Gasteiger partial charge in [-0.25, -0.2) is 0 Å². The second-order valence-electron chi connectivity index (χ2n) is 4.53. The molecule has 0 bridgehead atoms. The van der Waals surface area contributed by atoms with Gasteiger partial charge in [0, 0.05) is 18.8 Å². The van der Waals surface area contributed by atoms with Crippen LogP contribution in [0.2, 0.25) is 0 Å². The molecule has 3 heteroatoms. The van der Waals surface area contributed by atoms with Gasteiger partial charge < -0.3 is 5.73 Å². The predicted octanol–water partition coefficient (Wildman–Crippen LogP) is 1.89. The van der Waals surface area contributed by atoms with E-state index in [9.17, 15) is 0 Å². The van der Waals surface area contributed by atoms with Gasteiger partial charge in [-0.15, -0.1) is 0 Å². The van der Waals surface area contributed by atoms with Crippen molar-refractivity contribution in [3.05, 3.63) is 24.0 Å². The molecule has 0 radical (unpaired) electrons. The summed E-state index contributed by atoms with van der Waals surface area (Å²) in [5.41, 5.74) is 7.66. The maximum atomic E-state index is 5.87. The number of nitrogen functional groups attached to an aromatic ring is 1. The topological polar surface area (TPSA) is 42.2 Å². The van der Waals surface area contributed by atoms with Crippen molar-refractivity contribution in [2.45, 2.75) is 32.4 Å². The zero-order valence-electron chi connectivity index (χ0n) is 9.48. The minimum atomic E-state index is 0.645. The number of nitrogens with two attached hydrogens (primary N) is 1. The number of nitrogens with zero attached hydrogens (tertiary/aromatic N) is 2. The molecule has 0 saturated heterocycles. The van der Waals surface area contributed by atoms with E-state index in [1.165, 1.54) is 12.8 Å². The first-order valence-electron chi connectivity index (χ1n) is 5.58. The number of rotatable bonds is 4. The van der Waals surface area contributed by atoms with E-state index in [1.807, 2.05) is 12.1 Å². The molecular weight excluding hydrogens is 186 g/mol. The van der Waals surface area contributed by atoms with Gasteiger partial charge in [0.05, 0.1) is 11.4 Å². The number of hydrogen-bond donors (Lipinski definition) is 1. The molecule has 1 fully saturated rings. The summed E-state index contributed by atoms with van der Waals surface area (Å²) in [6.07, 6.45) is 4.56. The van der Waals surface area contributed by atoms with E-state index in [0.29, 0.717) is 6.04 Å². The van der Waals surface area contributed by atoms with Gasteiger partial charge in [-0.3, -0.25) is 9.88 Å². The zero-order chi connectivity index (χ0) is 10.8. The maximum Gasteiger partial charge on any atom is 0.0772 e. The SMILES string of the molecule is CC(C1CC1)N(C)Cc1ncccc1N. The van der Waals surface area contributed by atoms with Crippen LogP contribution >= 0.6 is 0 Å². The van der Waals surface area contributed by atoms with Crippen LogP contribution in [0.1, 0.15) is 25.5 Å². The smallest absolute Gasteiger partial charge is 0.0772 e. The average Bonchev–Trinajstić information content (AvgIpc) is 3.04. The molecule has 1 aliphatic carbocycles. The van der Waals surface area contributed by atoms with E-state index in [-0.39, 0.29) is 0 Å². The normalized spacial score (nSPS) is 18.1. The maximum absolute atomic E-state index is 5.87.